The van der Waals surface area contributed by atoms with Crippen LogP contribution in [0.1, 0.15) is 11.6 Å². The first kappa shape index (κ1) is 15.1. The zero-order valence-corrected chi connectivity index (χ0v) is 13.5. The van der Waals surface area contributed by atoms with Crippen molar-refractivity contribution < 1.29 is 4.79 Å². The average molecular weight is 327 g/mol. The van der Waals surface area contributed by atoms with Crippen LogP contribution in [-0.4, -0.2) is 15.5 Å². The predicted molar refractivity (Wildman–Crippen MR) is 99.4 cm³/mol. The van der Waals surface area contributed by atoms with E-state index in [0.717, 1.165) is 22.2 Å². The molecule has 4 aromatic rings. The van der Waals surface area contributed by atoms with Crippen molar-refractivity contribution in [1.29, 1.82) is 0 Å². The molecule has 0 saturated carbocycles. The van der Waals surface area contributed by atoms with Crippen molar-refractivity contribution in [3.63, 3.8) is 0 Å². The first-order valence-corrected chi connectivity index (χ1v) is 8.15. The third-order valence-corrected chi connectivity index (χ3v) is 4.19. The molecule has 0 bridgehead atoms. The van der Waals surface area contributed by atoms with Gasteiger partial charge in [-0.2, -0.15) is 0 Å². The van der Waals surface area contributed by atoms with Crippen molar-refractivity contribution in [1.82, 2.24) is 9.55 Å². The summed E-state index contributed by atoms with van der Waals surface area (Å²) < 4.78 is 1.91. The van der Waals surface area contributed by atoms with Gasteiger partial charge in [-0.25, -0.2) is 0 Å². The zero-order chi connectivity index (χ0) is 17.1. The Morgan fingerprint density at radius 3 is 2.48 bits per heavy atom. The molecule has 0 radical (unpaired) electrons. The van der Waals surface area contributed by atoms with E-state index in [1.54, 1.807) is 6.20 Å². The lowest BCUT2D eigenvalue weighted by Crippen LogP contribution is -2.26. The van der Waals surface area contributed by atoms with Gasteiger partial charge in [0.25, 0.3) is 5.91 Å². The second-order valence-electron chi connectivity index (χ2n) is 5.81. The lowest BCUT2D eigenvalue weighted by Gasteiger charge is -2.19. The summed E-state index contributed by atoms with van der Waals surface area (Å²) in [6, 6.07) is 22.8. The number of fused-ring (bicyclic) bond motifs is 1. The van der Waals surface area contributed by atoms with E-state index in [4.69, 9.17) is 0 Å². The highest BCUT2D eigenvalue weighted by Crippen LogP contribution is 2.25. The average Bonchev–Trinajstić information content (AvgIpc) is 3.17. The van der Waals surface area contributed by atoms with E-state index in [0.29, 0.717) is 0 Å². The number of nitrogens with one attached hydrogen (secondary N) is 1. The monoisotopic (exact) mass is 327 g/mol. The van der Waals surface area contributed by atoms with Gasteiger partial charge in [-0.1, -0.05) is 36.4 Å². The van der Waals surface area contributed by atoms with Gasteiger partial charge in [0.1, 0.15) is 6.04 Å². The number of hydrogen-bond acceptors (Lipinski definition) is 2. The molecule has 0 aliphatic carbocycles. The van der Waals surface area contributed by atoms with E-state index in [2.05, 4.69) is 10.3 Å². The second-order valence-corrected chi connectivity index (χ2v) is 5.81. The Bertz CT molecular complexity index is 989. The van der Waals surface area contributed by atoms with E-state index < -0.39 is 6.04 Å². The summed E-state index contributed by atoms with van der Waals surface area (Å²) in [5, 5.41) is 4.00. The summed E-state index contributed by atoms with van der Waals surface area (Å²) in [7, 11) is 0. The van der Waals surface area contributed by atoms with E-state index in [1.807, 2.05) is 89.8 Å². The van der Waals surface area contributed by atoms with Crippen molar-refractivity contribution >= 4 is 22.5 Å². The first-order chi connectivity index (χ1) is 12.3. The Kier molecular flexibility index (Phi) is 4.01. The molecule has 1 unspecified atom stereocenters. The van der Waals surface area contributed by atoms with Crippen LogP contribution in [-0.2, 0) is 4.79 Å². The minimum Gasteiger partial charge on any atom is -0.338 e. The number of hydrogen-bond donors (Lipinski definition) is 1. The minimum atomic E-state index is -0.428. The molecule has 2 aromatic heterocycles. The fourth-order valence-corrected chi connectivity index (χ4v) is 3.03. The molecule has 0 fully saturated rings. The minimum absolute atomic E-state index is 0.0845. The predicted octanol–water partition coefficient (Wildman–Crippen LogP) is 4.26. The number of nitrogens with zero attached hydrogens (tertiary/aromatic N) is 2. The maximum Gasteiger partial charge on any atom is 0.252 e. The molecule has 0 aliphatic heterocycles. The van der Waals surface area contributed by atoms with Crippen molar-refractivity contribution in [3.05, 3.63) is 97.0 Å². The highest BCUT2D eigenvalue weighted by molar-refractivity contribution is 6.03. The van der Waals surface area contributed by atoms with Gasteiger partial charge >= 0.3 is 0 Å². The Morgan fingerprint density at radius 1 is 0.880 bits per heavy atom. The first-order valence-electron chi connectivity index (χ1n) is 8.15. The molecule has 0 spiro atoms. The SMILES string of the molecule is O=C(Nc1cccc2ncccc12)C(c1ccccc1)n1cccc1. The normalized spacial score (nSPS) is 12.0. The number of benzene rings is 2. The molecule has 0 saturated heterocycles. The van der Waals surface area contributed by atoms with Gasteiger partial charge in [-0.15, -0.1) is 0 Å². The zero-order valence-electron chi connectivity index (χ0n) is 13.5. The third-order valence-electron chi connectivity index (χ3n) is 4.19. The lowest BCUT2D eigenvalue weighted by molar-refractivity contribution is -0.118. The van der Waals surface area contributed by atoms with Crippen LogP contribution in [0.4, 0.5) is 5.69 Å². The molecule has 1 amide bonds. The largest absolute Gasteiger partial charge is 0.338 e. The van der Waals surface area contributed by atoms with Gasteiger partial charge in [0.2, 0.25) is 0 Å². The van der Waals surface area contributed by atoms with Gasteiger partial charge in [0.05, 0.1) is 11.2 Å². The van der Waals surface area contributed by atoms with Crippen LogP contribution in [0.2, 0.25) is 0 Å². The smallest absolute Gasteiger partial charge is 0.252 e. The summed E-state index contributed by atoms with van der Waals surface area (Å²) >= 11 is 0. The number of amides is 1. The van der Waals surface area contributed by atoms with Crippen LogP contribution < -0.4 is 5.32 Å². The van der Waals surface area contributed by atoms with Gasteiger partial charge in [-0.05, 0) is 42.0 Å². The van der Waals surface area contributed by atoms with Crippen LogP contribution in [0.3, 0.4) is 0 Å². The summed E-state index contributed by atoms with van der Waals surface area (Å²) in [5.74, 6) is -0.0845. The Labute approximate surface area is 145 Å². The molecule has 4 rings (SSSR count). The number of pyridine rings is 1. The van der Waals surface area contributed by atoms with Gasteiger partial charge in [0.15, 0.2) is 0 Å². The Balaban J connectivity index is 1.72. The maximum absolute atomic E-state index is 13.1. The Hall–Kier alpha value is -3.40. The molecular formula is C21H17N3O. The fourth-order valence-electron chi connectivity index (χ4n) is 3.03. The third kappa shape index (κ3) is 3.02. The van der Waals surface area contributed by atoms with Gasteiger partial charge in [-0.3, -0.25) is 9.78 Å². The molecular weight excluding hydrogens is 310 g/mol. The van der Waals surface area contributed by atoms with Crippen LogP contribution in [0.15, 0.2) is 91.4 Å². The van der Waals surface area contributed by atoms with Crippen molar-refractivity contribution in [2.75, 3.05) is 5.32 Å². The molecule has 25 heavy (non-hydrogen) atoms. The number of aromatic nitrogens is 2. The highest BCUT2D eigenvalue weighted by Gasteiger charge is 2.22. The molecule has 4 nitrogen and oxygen atoms in total. The fraction of sp³-hybridized carbons (Fsp3) is 0.0476. The van der Waals surface area contributed by atoms with E-state index >= 15 is 0 Å². The summed E-state index contributed by atoms with van der Waals surface area (Å²) in [6.45, 7) is 0. The molecule has 1 atom stereocenters. The van der Waals surface area contributed by atoms with E-state index in [1.165, 1.54) is 0 Å². The van der Waals surface area contributed by atoms with E-state index in [9.17, 15) is 4.79 Å². The van der Waals surface area contributed by atoms with Gasteiger partial charge < -0.3 is 9.88 Å². The molecule has 122 valence electrons. The molecule has 0 aliphatic rings. The van der Waals surface area contributed by atoms with Crippen molar-refractivity contribution in [2.45, 2.75) is 6.04 Å². The van der Waals surface area contributed by atoms with Crippen LogP contribution in [0.25, 0.3) is 10.9 Å². The van der Waals surface area contributed by atoms with E-state index in [-0.39, 0.29) is 5.91 Å². The second kappa shape index (κ2) is 6.61. The van der Waals surface area contributed by atoms with Crippen molar-refractivity contribution in [3.8, 4) is 0 Å². The highest BCUT2D eigenvalue weighted by atomic mass is 16.2. The summed E-state index contributed by atoms with van der Waals surface area (Å²) in [4.78, 5) is 17.4. The summed E-state index contributed by atoms with van der Waals surface area (Å²) in [6.07, 6.45) is 5.56. The Morgan fingerprint density at radius 2 is 1.68 bits per heavy atom. The molecule has 1 N–H and O–H groups in total. The standard InChI is InChI=1S/C21H17N3O/c25-21(23-19-12-6-11-18-17(19)10-7-13-22-18)20(24-14-4-5-15-24)16-8-2-1-3-9-16/h1-15,20H,(H,23,25). The number of anilines is 1. The van der Waals surface area contributed by atoms with Crippen molar-refractivity contribution in [2.24, 2.45) is 0 Å². The van der Waals surface area contributed by atoms with Gasteiger partial charge in [0, 0.05) is 24.0 Å². The number of carbonyl (C=O) groups is 1. The summed E-state index contributed by atoms with van der Waals surface area (Å²) in [5.41, 5.74) is 2.57. The maximum atomic E-state index is 13.1. The van der Waals surface area contributed by atoms with Crippen LogP contribution in [0.5, 0.6) is 0 Å². The topological polar surface area (TPSA) is 46.9 Å². The number of carbonyl (C=O) groups excluding carboxylic acids is 1. The lowest BCUT2D eigenvalue weighted by atomic mass is 10.1. The molecule has 2 heterocycles. The number of rotatable bonds is 4. The quantitative estimate of drug-likeness (QED) is 0.608. The molecule has 4 heteroatoms. The van der Waals surface area contributed by atoms with Crippen LogP contribution >= 0.6 is 0 Å². The van der Waals surface area contributed by atoms with Crippen LogP contribution in [0, 0.1) is 0 Å². The molecule has 2 aromatic carbocycles.